The van der Waals surface area contributed by atoms with Crippen LogP contribution in [0.4, 0.5) is 0 Å². The van der Waals surface area contributed by atoms with Crippen LogP contribution in [0.15, 0.2) is 24.3 Å². The van der Waals surface area contributed by atoms with Gasteiger partial charge in [-0.05, 0) is 36.5 Å². The van der Waals surface area contributed by atoms with E-state index >= 15 is 0 Å². The second-order valence-corrected chi connectivity index (χ2v) is 7.13. The summed E-state index contributed by atoms with van der Waals surface area (Å²) in [4.78, 5) is 26.1. The van der Waals surface area contributed by atoms with Crippen molar-refractivity contribution in [3.8, 4) is 0 Å². The van der Waals surface area contributed by atoms with Crippen LogP contribution in [-0.4, -0.2) is 47.7 Å². The Morgan fingerprint density at radius 1 is 1.16 bits per heavy atom. The summed E-state index contributed by atoms with van der Waals surface area (Å²) in [7, 11) is 0. The van der Waals surface area contributed by atoms with Crippen LogP contribution in [0.2, 0.25) is 0 Å². The fourth-order valence-electron chi connectivity index (χ4n) is 2.62. The Bertz CT molecular complexity index is 556. The fraction of sp³-hybridized carbons (Fsp3) is 0.600. The van der Waals surface area contributed by atoms with Gasteiger partial charge in [-0.1, -0.05) is 39.8 Å². The van der Waals surface area contributed by atoms with Crippen molar-refractivity contribution in [1.29, 1.82) is 0 Å². The van der Waals surface area contributed by atoms with Crippen LogP contribution >= 0.6 is 0 Å². The topological polar surface area (TPSA) is 66.8 Å². The highest BCUT2D eigenvalue weighted by molar-refractivity contribution is 5.94. The number of aliphatic hydroxyl groups is 1. The van der Waals surface area contributed by atoms with E-state index in [0.717, 1.165) is 5.56 Å². The van der Waals surface area contributed by atoms with Crippen molar-refractivity contribution in [2.24, 2.45) is 0 Å². The quantitative estimate of drug-likeness (QED) is 0.732. The Kier molecular flexibility index (Phi) is 8.10. The van der Waals surface area contributed by atoms with Crippen LogP contribution in [-0.2, 0) is 14.9 Å². The van der Waals surface area contributed by atoms with E-state index in [1.54, 1.807) is 11.8 Å². The molecular formula is C20H31NO4. The predicted molar refractivity (Wildman–Crippen MR) is 98.6 cm³/mol. The maximum atomic E-state index is 12.9. The molecular weight excluding hydrogens is 318 g/mol. The number of benzene rings is 1. The SMILES string of the molecule is CCOC(=O)CCN(C(=O)c1ccc(C(C)(C)C)cc1)C(CC)CO. The zero-order valence-corrected chi connectivity index (χ0v) is 16.0. The molecule has 0 aliphatic carbocycles. The van der Waals surface area contributed by atoms with Crippen molar-refractivity contribution < 1.29 is 19.4 Å². The number of nitrogens with zero attached hydrogens (tertiary/aromatic N) is 1. The zero-order valence-electron chi connectivity index (χ0n) is 16.0. The molecule has 0 saturated carbocycles. The summed E-state index contributed by atoms with van der Waals surface area (Å²) in [6.07, 6.45) is 0.737. The van der Waals surface area contributed by atoms with E-state index in [0.29, 0.717) is 18.6 Å². The summed E-state index contributed by atoms with van der Waals surface area (Å²) < 4.78 is 4.94. The molecule has 0 aliphatic heterocycles. The fourth-order valence-corrected chi connectivity index (χ4v) is 2.62. The first-order valence-corrected chi connectivity index (χ1v) is 8.92. The molecule has 0 spiro atoms. The summed E-state index contributed by atoms with van der Waals surface area (Å²) in [6, 6.07) is 7.21. The number of ether oxygens (including phenoxy) is 1. The van der Waals surface area contributed by atoms with Crippen molar-refractivity contribution in [1.82, 2.24) is 4.90 Å². The van der Waals surface area contributed by atoms with Crippen LogP contribution < -0.4 is 0 Å². The highest BCUT2D eigenvalue weighted by atomic mass is 16.5. The maximum absolute atomic E-state index is 12.9. The van der Waals surface area contributed by atoms with E-state index < -0.39 is 0 Å². The molecule has 140 valence electrons. The molecule has 1 unspecified atom stereocenters. The number of carbonyl (C=O) groups is 2. The first-order chi connectivity index (χ1) is 11.7. The Morgan fingerprint density at radius 2 is 1.76 bits per heavy atom. The summed E-state index contributed by atoms with van der Waals surface area (Å²) in [5, 5.41) is 9.60. The molecule has 0 fully saturated rings. The minimum absolute atomic E-state index is 0.0161. The number of hydrogen-bond acceptors (Lipinski definition) is 4. The van der Waals surface area contributed by atoms with Gasteiger partial charge in [-0.3, -0.25) is 9.59 Å². The smallest absolute Gasteiger partial charge is 0.307 e. The monoisotopic (exact) mass is 349 g/mol. The molecule has 0 aromatic heterocycles. The van der Waals surface area contributed by atoms with Gasteiger partial charge in [0.15, 0.2) is 0 Å². The van der Waals surface area contributed by atoms with Gasteiger partial charge in [0.1, 0.15) is 0 Å². The van der Waals surface area contributed by atoms with Crippen molar-refractivity contribution in [3.63, 3.8) is 0 Å². The van der Waals surface area contributed by atoms with Crippen molar-refractivity contribution >= 4 is 11.9 Å². The van der Waals surface area contributed by atoms with Gasteiger partial charge in [0.25, 0.3) is 5.91 Å². The summed E-state index contributed by atoms with van der Waals surface area (Å²) in [5.74, 6) is -0.512. The van der Waals surface area contributed by atoms with Gasteiger partial charge in [0, 0.05) is 12.1 Å². The molecule has 1 aromatic carbocycles. The molecule has 25 heavy (non-hydrogen) atoms. The first kappa shape index (κ1) is 21.2. The molecule has 1 atom stereocenters. The molecule has 5 heteroatoms. The van der Waals surface area contributed by atoms with E-state index in [4.69, 9.17) is 4.74 Å². The van der Waals surface area contributed by atoms with Gasteiger partial charge in [0.05, 0.1) is 25.7 Å². The number of amides is 1. The second kappa shape index (κ2) is 9.56. The summed E-state index contributed by atoms with van der Waals surface area (Å²) in [6.45, 7) is 10.4. The van der Waals surface area contributed by atoms with E-state index in [-0.39, 0.29) is 42.9 Å². The third-order valence-corrected chi connectivity index (χ3v) is 4.24. The molecule has 0 bridgehead atoms. The van der Waals surface area contributed by atoms with Crippen LogP contribution in [0.5, 0.6) is 0 Å². The average Bonchev–Trinajstić information content (AvgIpc) is 2.57. The van der Waals surface area contributed by atoms with E-state index in [1.807, 2.05) is 31.2 Å². The number of aliphatic hydroxyl groups excluding tert-OH is 1. The van der Waals surface area contributed by atoms with Crippen molar-refractivity contribution in [3.05, 3.63) is 35.4 Å². The van der Waals surface area contributed by atoms with Gasteiger partial charge < -0.3 is 14.7 Å². The summed E-state index contributed by atoms with van der Waals surface area (Å²) in [5.41, 5.74) is 1.72. The lowest BCUT2D eigenvalue weighted by Gasteiger charge is -2.30. The van der Waals surface area contributed by atoms with E-state index in [1.165, 1.54) is 0 Å². The van der Waals surface area contributed by atoms with Crippen LogP contribution in [0.1, 0.15) is 63.4 Å². The molecule has 1 amide bonds. The second-order valence-electron chi connectivity index (χ2n) is 7.13. The Labute approximate surface area is 151 Å². The Hall–Kier alpha value is -1.88. The molecule has 0 aliphatic rings. The zero-order chi connectivity index (χ0) is 19.0. The minimum atomic E-state index is -0.337. The van der Waals surface area contributed by atoms with Gasteiger partial charge in [0.2, 0.25) is 0 Å². The van der Waals surface area contributed by atoms with E-state index in [2.05, 4.69) is 20.8 Å². The molecule has 1 N–H and O–H groups in total. The predicted octanol–water partition coefficient (Wildman–Crippen LogP) is 3.15. The van der Waals surface area contributed by atoms with E-state index in [9.17, 15) is 14.7 Å². The lowest BCUT2D eigenvalue weighted by Crippen LogP contribution is -2.43. The number of hydrogen-bond donors (Lipinski definition) is 1. The van der Waals surface area contributed by atoms with Gasteiger partial charge in [-0.25, -0.2) is 0 Å². The third-order valence-electron chi connectivity index (χ3n) is 4.24. The van der Waals surface area contributed by atoms with Crippen LogP contribution in [0.3, 0.4) is 0 Å². The number of esters is 1. The van der Waals surface area contributed by atoms with Crippen molar-refractivity contribution in [2.75, 3.05) is 19.8 Å². The summed E-state index contributed by atoms with van der Waals surface area (Å²) >= 11 is 0. The lowest BCUT2D eigenvalue weighted by atomic mass is 9.86. The third kappa shape index (κ3) is 6.16. The number of carbonyl (C=O) groups excluding carboxylic acids is 2. The normalized spacial score (nSPS) is 12.6. The largest absolute Gasteiger partial charge is 0.466 e. The molecule has 1 aromatic rings. The Morgan fingerprint density at radius 3 is 2.20 bits per heavy atom. The van der Waals surface area contributed by atoms with Crippen LogP contribution in [0.25, 0.3) is 0 Å². The van der Waals surface area contributed by atoms with Crippen molar-refractivity contribution in [2.45, 2.75) is 58.9 Å². The average molecular weight is 349 g/mol. The maximum Gasteiger partial charge on any atom is 0.307 e. The number of rotatable bonds is 8. The van der Waals surface area contributed by atoms with Crippen LogP contribution in [0, 0.1) is 0 Å². The lowest BCUT2D eigenvalue weighted by molar-refractivity contribution is -0.143. The minimum Gasteiger partial charge on any atom is -0.466 e. The van der Waals surface area contributed by atoms with Gasteiger partial charge in [-0.2, -0.15) is 0 Å². The standard InChI is InChI=1S/C20H31NO4/c1-6-17(14-22)21(13-12-18(23)25-7-2)19(24)15-8-10-16(11-9-15)20(3,4)5/h8-11,17,22H,6-7,12-14H2,1-5H3. The molecule has 0 saturated heterocycles. The highest BCUT2D eigenvalue weighted by Crippen LogP contribution is 2.23. The molecule has 0 radical (unpaired) electrons. The molecule has 5 nitrogen and oxygen atoms in total. The van der Waals surface area contributed by atoms with Gasteiger partial charge >= 0.3 is 5.97 Å². The highest BCUT2D eigenvalue weighted by Gasteiger charge is 2.24. The van der Waals surface area contributed by atoms with Gasteiger partial charge in [-0.15, -0.1) is 0 Å². The first-order valence-electron chi connectivity index (χ1n) is 8.92. The molecule has 1 rings (SSSR count). The molecule has 0 heterocycles. The Balaban J connectivity index is 2.96.